The van der Waals surface area contributed by atoms with Crippen molar-refractivity contribution in [2.75, 3.05) is 7.11 Å². The zero-order valence-corrected chi connectivity index (χ0v) is 12.5. The summed E-state index contributed by atoms with van der Waals surface area (Å²) >= 11 is 0. The normalized spacial score (nSPS) is 11.0. The summed E-state index contributed by atoms with van der Waals surface area (Å²) in [5, 5.41) is 2.27. The van der Waals surface area contributed by atoms with Gasteiger partial charge < -0.3 is 4.74 Å². The van der Waals surface area contributed by atoms with Gasteiger partial charge in [0.15, 0.2) is 0 Å². The van der Waals surface area contributed by atoms with E-state index in [2.05, 4.69) is 19.9 Å². The maximum Gasteiger partial charge on any atom is 0.140 e. The fourth-order valence-corrected chi connectivity index (χ4v) is 2.67. The molecule has 0 radical (unpaired) electrons. The van der Waals surface area contributed by atoms with Crippen LogP contribution in [0.4, 0.5) is 0 Å². The number of hydrogen-bond acceptors (Lipinski definition) is 2. The van der Waals surface area contributed by atoms with Crippen LogP contribution in [0.5, 0.6) is 5.75 Å². The maximum atomic E-state index is 12.3. The van der Waals surface area contributed by atoms with E-state index < -0.39 is 0 Å². The molecule has 0 heterocycles. The minimum absolute atomic E-state index is 0.177. The minimum atomic E-state index is 0.177. The summed E-state index contributed by atoms with van der Waals surface area (Å²) in [7, 11) is 1.67. The molecule has 0 bridgehead atoms. The number of ether oxygens (including phenoxy) is 1. The van der Waals surface area contributed by atoms with Crippen LogP contribution in [0.3, 0.4) is 0 Å². The average Bonchev–Trinajstić information content (AvgIpc) is 2.48. The van der Waals surface area contributed by atoms with E-state index in [0.717, 1.165) is 34.9 Å². The number of carbonyl (C=O) groups excluding carboxylic acids is 1. The second kappa shape index (κ2) is 6.56. The first-order valence-corrected chi connectivity index (χ1v) is 7.28. The predicted octanol–water partition coefficient (Wildman–Crippen LogP) is 4.40. The number of carbonyl (C=O) groups is 1. The number of methoxy groups -OCH3 is 1. The van der Waals surface area contributed by atoms with Crippen molar-refractivity contribution in [1.29, 1.82) is 0 Å². The molecule has 0 spiro atoms. The number of ketones is 1. The predicted molar refractivity (Wildman–Crippen MR) is 83.3 cm³/mol. The van der Waals surface area contributed by atoms with E-state index in [4.69, 9.17) is 4.74 Å². The zero-order chi connectivity index (χ0) is 14.5. The molecular weight excluding hydrogens is 248 g/mol. The molecule has 0 aliphatic carbocycles. The van der Waals surface area contributed by atoms with Gasteiger partial charge in [-0.25, -0.2) is 0 Å². The molecule has 0 atom stereocenters. The van der Waals surface area contributed by atoms with E-state index in [-0.39, 0.29) is 5.92 Å². The SMILES string of the molecule is CCC(CC)C(=O)Cc1cccc2ccc(OC)cc12. The third kappa shape index (κ3) is 3.01. The van der Waals surface area contributed by atoms with Crippen LogP contribution in [0.15, 0.2) is 36.4 Å². The molecule has 0 unspecified atom stereocenters. The average molecular weight is 270 g/mol. The van der Waals surface area contributed by atoms with Gasteiger partial charge in [-0.15, -0.1) is 0 Å². The first kappa shape index (κ1) is 14.6. The summed E-state index contributed by atoms with van der Waals surface area (Å²) < 4.78 is 5.29. The lowest BCUT2D eigenvalue weighted by atomic mass is 9.91. The molecule has 0 aromatic heterocycles. The van der Waals surface area contributed by atoms with Crippen molar-refractivity contribution in [3.63, 3.8) is 0 Å². The van der Waals surface area contributed by atoms with Crippen LogP contribution >= 0.6 is 0 Å². The van der Waals surface area contributed by atoms with Gasteiger partial charge in [0.25, 0.3) is 0 Å². The summed E-state index contributed by atoms with van der Waals surface area (Å²) in [6.07, 6.45) is 2.35. The Balaban J connectivity index is 2.36. The summed E-state index contributed by atoms with van der Waals surface area (Å²) in [5.41, 5.74) is 1.10. The molecule has 2 rings (SSSR count). The van der Waals surface area contributed by atoms with Crippen LogP contribution in [0.1, 0.15) is 32.3 Å². The lowest BCUT2D eigenvalue weighted by Crippen LogP contribution is -2.15. The van der Waals surface area contributed by atoms with Gasteiger partial charge in [0.2, 0.25) is 0 Å². The van der Waals surface area contributed by atoms with Gasteiger partial charge in [-0.2, -0.15) is 0 Å². The van der Waals surface area contributed by atoms with Crippen molar-refractivity contribution in [3.8, 4) is 5.75 Å². The molecule has 106 valence electrons. The molecule has 2 aromatic rings. The molecule has 2 aromatic carbocycles. The largest absolute Gasteiger partial charge is 0.497 e. The number of hydrogen-bond donors (Lipinski definition) is 0. The molecule has 0 amide bonds. The van der Waals surface area contributed by atoms with E-state index in [9.17, 15) is 4.79 Å². The van der Waals surface area contributed by atoms with Gasteiger partial charge in [-0.1, -0.05) is 38.1 Å². The Morgan fingerprint density at radius 3 is 2.55 bits per heavy atom. The molecule has 0 saturated heterocycles. The van der Waals surface area contributed by atoms with Crippen LogP contribution in [0.25, 0.3) is 10.8 Å². The molecule has 0 N–H and O–H groups in total. The van der Waals surface area contributed by atoms with Crippen molar-refractivity contribution in [2.24, 2.45) is 5.92 Å². The fourth-order valence-electron chi connectivity index (χ4n) is 2.67. The fraction of sp³-hybridized carbons (Fsp3) is 0.389. The van der Waals surface area contributed by atoms with E-state index in [1.807, 2.05) is 30.3 Å². The first-order chi connectivity index (χ1) is 9.69. The zero-order valence-electron chi connectivity index (χ0n) is 12.5. The first-order valence-electron chi connectivity index (χ1n) is 7.28. The molecule has 0 aliphatic heterocycles. The molecule has 0 fully saturated rings. The van der Waals surface area contributed by atoms with Crippen LogP contribution in [-0.2, 0) is 11.2 Å². The smallest absolute Gasteiger partial charge is 0.140 e. The quantitative estimate of drug-likeness (QED) is 0.778. The summed E-state index contributed by atoms with van der Waals surface area (Å²) in [5.74, 6) is 1.35. The number of fused-ring (bicyclic) bond motifs is 1. The topological polar surface area (TPSA) is 26.3 Å². The van der Waals surface area contributed by atoms with Crippen LogP contribution < -0.4 is 4.74 Å². The van der Waals surface area contributed by atoms with Gasteiger partial charge in [0.1, 0.15) is 11.5 Å². The van der Waals surface area contributed by atoms with E-state index in [1.165, 1.54) is 0 Å². The highest BCUT2D eigenvalue weighted by Crippen LogP contribution is 2.25. The Morgan fingerprint density at radius 2 is 1.90 bits per heavy atom. The molecule has 0 aliphatic rings. The Bertz CT molecular complexity index is 597. The van der Waals surface area contributed by atoms with Crippen LogP contribution in [0, 0.1) is 5.92 Å². The minimum Gasteiger partial charge on any atom is -0.497 e. The summed E-state index contributed by atoms with van der Waals surface area (Å²) in [6.45, 7) is 4.16. The molecular formula is C18H22O2. The van der Waals surface area contributed by atoms with Crippen molar-refractivity contribution >= 4 is 16.6 Å². The van der Waals surface area contributed by atoms with Crippen LogP contribution in [0.2, 0.25) is 0 Å². The Kier molecular flexibility index (Phi) is 4.78. The molecule has 0 saturated carbocycles. The monoisotopic (exact) mass is 270 g/mol. The third-order valence-corrected chi connectivity index (χ3v) is 3.99. The number of Topliss-reactive ketones (excluding diaryl/α,β-unsaturated/α-hetero) is 1. The van der Waals surface area contributed by atoms with Crippen molar-refractivity contribution in [3.05, 3.63) is 42.0 Å². The second-order valence-corrected chi connectivity index (χ2v) is 5.16. The highest BCUT2D eigenvalue weighted by atomic mass is 16.5. The van der Waals surface area contributed by atoms with Gasteiger partial charge in [-0.05, 0) is 41.3 Å². The van der Waals surface area contributed by atoms with E-state index >= 15 is 0 Å². The van der Waals surface area contributed by atoms with Crippen molar-refractivity contribution in [2.45, 2.75) is 33.1 Å². The van der Waals surface area contributed by atoms with Crippen LogP contribution in [-0.4, -0.2) is 12.9 Å². The Morgan fingerprint density at radius 1 is 1.15 bits per heavy atom. The Hall–Kier alpha value is -1.83. The van der Waals surface area contributed by atoms with Gasteiger partial charge in [0.05, 0.1) is 7.11 Å². The van der Waals surface area contributed by atoms with E-state index in [0.29, 0.717) is 12.2 Å². The van der Waals surface area contributed by atoms with Crippen molar-refractivity contribution < 1.29 is 9.53 Å². The Labute approximate surface area is 120 Å². The van der Waals surface area contributed by atoms with Crippen molar-refractivity contribution in [1.82, 2.24) is 0 Å². The molecule has 20 heavy (non-hydrogen) atoms. The summed E-state index contributed by atoms with van der Waals surface area (Å²) in [6, 6.07) is 12.1. The maximum absolute atomic E-state index is 12.3. The summed E-state index contributed by atoms with van der Waals surface area (Å²) in [4.78, 5) is 12.3. The lowest BCUT2D eigenvalue weighted by Gasteiger charge is -2.13. The highest BCUT2D eigenvalue weighted by molar-refractivity contribution is 5.92. The standard InChI is InChI=1S/C18H22O2/c1-4-13(5-2)18(19)11-15-8-6-7-14-9-10-16(20-3)12-17(14)15/h6-10,12-13H,4-5,11H2,1-3H3. The van der Waals surface area contributed by atoms with Gasteiger partial charge >= 0.3 is 0 Å². The third-order valence-electron chi connectivity index (χ3n) is 3.99. The lowest BCUT2D eigenvalue weighted by molar-refractivity contribution is -0.122. The van der Waals surface area contributed by atoms with E-state index in [1.54, 1.807) is 7.11 Å². The highest BCUT2D eigenvalue weighted by Gasteiger charge is 2.15. The number of benzene rings is 2. The molecule has 2 nitrogen and oxygen atoms in total. The van der Waals surface area contributed by atoms with Gasteiger partial charge in [-0.3, -0.25) is 4.79 Å². The second-order valence-electron chi connectivity index (χ2n) is 5.16. The number of rotatable bonds is 6. The van der Waals surface area contributed by atoms with Gasteiger partial charge in [0, 0.05) is 12.3 Å². The molecule has 2 heteroatoms.